The van der Waals surface area contributed by atoms with Crippen LogP contribution < -0.4 is 0 Å². The Morgan fingerprint density at radius 2 is 2.33 bits per heavy atom. The van der Waals surface area contributed by atoms with Crippen molar-refractivity contribution in [2.24, 2.45) is 0 Å². The molecule has 0 aromatic heterocycles. The van der Waals surface area contributed by atoms with Gasteiger partial charge >= 0.3 is 0 Å². The fraction of sp³-hybridized carbons (Fsp3) is 0.500. The summed E-state index contributed by atoms with van der Waals surface area (Å²) in [6.07, 6.45) is 3.28. The van der Waals surface area contributed by atoms with Gasteiger partial charge in [-0.05, 0) is 12.6 Å². The minimum absolute atomic E-state index is 0. The first-order valence-corrected chi connectivity index (χ1v) is 2.76. The summed E-state index contributed by atoms with van der Waals surface area (Å²) in [6.45, 7) is 4.36. The van der Waals surface area contributed by atoms with Crippen molar-refractivity contribution in [3.05, 3.63) is 12.8 Å². The summed E-state index contributed by atoms with van der Waals surface area (Å²) in [6, 6.07) is 0. The smallest absolute Gasteiger partial charge is 0.226 e. The van der Waals surface area contributed by atoms with Crippen molar-refractivity contribution in [1.82, 2.24) is 4.90 Å². The Bertz CT molecular complexity index is 124. The molecule has 1 fully saturated rings. The molecule has 2 nitrogen and oxygen atoms in total. The average Bonchev–Trinajstić information content (AvgIpc) is 2.14. The Kier molecular flexibility index (Phi) is 3.32. The van der Waals surface area contributed by atoms with E-state index < -0.39 is 0 Å². The lowest BCUT2D eigenvalue weighted by molar-refractivity contribution is -0.125. The maximum atomic E-state index is 10.7. The molecule has 52 valence electrons. The normalized spacial score (nSPS) is 17.3. The highest BCUT2D eigenvalue weighted by molar-refractivity contribution is 5.85. The predicted molar refractivity (Wildman–Crippen MR) is 38.4 cm³/mol. The molecule has 0 radical (unpaired) electrons. The van der Waals surface area contributed by atoms with Crippen LogP contribution in [0.5, 0.6) is 0 Å². The average molecular weight is 148 g/mol. The Balaban J connectivity index is 0.000000640. The number of likely N-dealkylation sites (tertiary alicyclic amines) is 1. The number of hydrogen-bond acceptors (Lipinski definition) is 1. The molecule has 1 amide bonds. The van der Waals surface area contributed by atoms with E-state index >= 15 is 0 Å². The molecular weight excluding hydrogens is 138 g/mol. The lowest BCUT2D eigenvalue weighted by Crippen LogP contribution is -2.16. The van der Waals surface area contributed by atoms with Gasteiger partial charge in [-0.3, -0.25) is 4.79 Å². The highest BCUT2D eigenvalue weighted by atomic mass is 35.5. The van der Waals surface area contributed by atoms with E-state index in [1.54, 1.807) is 11.1 Å². The second-order valence-electron chi connectivity index (χ2n) is 1.87. The molecule has 0 saturated carbocycles. The van der Waals surface area contributed by atoms with Crippen molar-refractivity contribution in [2.75, 3.05) is 6.54 Å². The largest absolute Gasteiger partial charge is 0.320 e. The molecule has 0 atom stereocenters. The monoisotopic (exact) mass is 147 g/mol. The molecule has 1 aliphatic rings. The van der Waals surface area contributed by atoms with Gasteiger partial charge < -0.3 is 4.90 Å². The maximum absolute atomic E-state index is 10.7. The minimum Gasteiger partial charge on any atom is -0.320 e. The molecule has 0 aliphatic carbocycles. The van der Waals surface area contributed by atoms with E-state index in [2.05, 4.69) is 6.58 Å². The van der Waals surface area contributed by atoms with Crippen LogP contribution in [0.25, 0.3) is 0 Å². The van der Waals surface area contributed by atoms with Crippen LogP contribution in [-0.2, 0) is 4.79 Å². The summed E-state index contributed by atoms with van der Waals surface area (Å²) >= 11 is 0. The zero-order valence-corrected chi connectivity index (χ0v) is 5.99. The predicted octanol–water partition coefficient (Wildman–Crippen LogP) is 1.17. The van der Waals surface area contributed by atoms with E-state index in [0.717, 1.165) is 13.0 Å². The molecule has 0 N–H and O–H groups in total. The van der Waals surface area contributed by atoms with Gasteiger partial charge in [0.1, 0.15) is 0 Å². The summed E-state index contributed by atoms with van der Waals surface area (Å²) in [5.74, 6) is 0.208. The van der Waals surface area contributed by atoms with Crippen LogP contribution in [0.3, 0.4) is 0 Å². The summed E-state index contributed by atoms with van der Waals surface area (Å²) in [7, 11) is 0. The van der Waals surface area contributed by atoms with Gasteiger partial charge in [-0.25, -0.2) is 0 Å². The van der Waals surface area contributed by atoms with Crippen LogP contribution in [0.1, 0.15) is 12.8 Å². The van der Waals surface area contributed by atoms with Gasteiger partial charge in [0.2, 0.25) is 5.91 Å². The lowest BCUT2D eigenvalue weighted by Gasteiger charge is -2.05. The van der Waals surface area contributed by atoms with Crippen molar-refractivity contribution >= 4 is 18.3 Å². The van der Waals surface area contributed by atoms with Gasteiger partial charge in [0, 0.05) is 13.0 Å². The van der Waals surface area contributed by atoms with Crippen LogP contribution in [0.4, 0.5) is 0 Å². The third-order valence-corrected chi connectivity index (χ3v) is 1.33. The number of carbonyl (C=O) groups is 1. The summed E-state index contributed by atoms with van der Waals surface area (Å²) < 4.78 is 0. The highest BCUT2D eigenvalue weighted by Crippen LogP contribution is 2.08. The van der Waals surface area contributed by atoms with Crippen molar-refractivity contribution < 1.29 is 4.79 Å². The van der Waals surface area contributed by atoms with Gasteiger partial charge in [-0.15, -0.1) is 12.4 Å². The second-order valence-corrected chi connectivity index (χ2v) is 1.87. The molecule has 0 unspecified atom stereocenters. The standard InChI is InChI=1S/C6H9NO.ClH/c1-2-7-5-3-4-6(7)8;/h2H,1,3-5H2;1H. The third-order valence-electron chi connectivity index (χ3n) is 1.33. The maximum Gasteiger partial charge on any atom is 0.226 e. The van der Waals surface area contributed by atoms with Gasteiger partial charge in [0.25, 0.3) is 0 Å². The lowest BCUT2D eigenvalue weighted by atomic mass is 10.4. The van der Waals surface area contributed by atoms with Crippen molar-refractivity contribution in [1.29, 1.82) is 0 Å². The van der Waals surface area contributed by atoms with Crippen molar-refractivity contribution in [2.45, 2.75) is 12.8 Å². The van der Waals surface area contributed by atoms with Crippen LogP contribution in [0.2, 0.25) is 0 Å². The number of carbonyl (C=O) groups excluding carboxylic acids is 1. The Morgan fingerprint density at radius 3 is 2.56 bits per heavy atom. The molecule has 1 aliphatic heterocycles. The van der Waals surface area contributed by atoms with E-state index in [9.17, 15) is 4.79 Å². The zero-order valence-electron chi connectivity index (χ0n) is 5.17. The SMILES string of the molecule is C=CN1CCCC1=O.Cl. The van der Waals surface area contributed by atoms with E-state index in [1.807, 2.05) is 0 Å². The number of rotatable bonds is 1. The molecule has 3 heteroatoms. The number of nitrogens with zero attached hydrogens (tertiary/aromatic N) is 1. The highest BCUT2D eigenvalue weighted by Gasteiger charge is 2.15. The van der Waals surface area contributed by atoms with Gasteiger partial charge in [0.05, 0.1) is 0 Å². The van der Waals surface area contributed by atoms with E-state index in [1.165, 1.54) is 0 Å². The van der Waals surface area contributed by atoms with Crippen LogP contribution >= 0.6 is 12.4 Å². The molecule has 1 saturated heterocycles. The van der Waals surface area contributed by atoms with Gasteiger partial charge in [-0.2, -0.15) is 0 Å². The molecule has 0 spiro atoms. The molecule has 1 rings (SSSR count). The number of amides is 1. The van der Waals surface area contributed by atoms with Crippen LogP contribution in [-0.4, -0.2) is 17.4 Å². The Morgan fingerprint density at radius 1 is 1.67 bits per heavy atom. The Hall–Kier alpha value is -0.500. The van der Waals surface area contributed by atoms with Gasteiger partial charge in [0.15, 0.2) is 0 Å². The first-order valence-electron chi connectivity index (χ1n) is 2.76. The molecular formula is C6H10ClNO. The quantitative estimate of drug-likeness (QED) is 0.546. The van der Waals surface area contributed by atoms with E-state index in [-0.39, 0.29) is 18.3 Å². The van der Waals surface area contributed by atoms with E-state index in [4.69, 9.17) is 0 Å². The molecule has 0 bridgehead atoms. The molecule has 9 heavy (non-hydrogen) atoms. The van der Waals surface area contributed by atoms with Gasteiger partial charge in [-0.1, -0.05) is 6.58 Å². The van der Waals surface area contributed by atoms with Crippen molar-refractivity contribution in [3.8, 4) is 0 Å². The molecule has 0 aromatic rings. The number of halogens is 1. The zero-order chi connectivity index (χ0) is 5.98. The van der Waals surface area contributed by atoms with E-state index in [0.29, 0.717) is 6.42 Å². The fourth-order valence-electron chi connectivity index (χ4n) is 0.862. The first-order chi connectivity index (χ1) is 3.84. The minimum atomic E-state index is 0. The summed E-state index contributed by atoms with van der Waals surface area (Å²) in [5, 5.41) is 0. The first kappa shape index (κ1) is 8.50. The topological polar surface area (TPSA) is 20.3 Å². The molecule has 0 aromatic carbocycles. The van der Waals surface area contributed by atoms with Crippen LogP contribution in [0, 0.1) is 0 Å². The Labute approximate surface area is 60.9 Å². The number of hydrogen-bond donors (Lipinski definition) is 0. The van der Waals surface area contributed by atoms with Crippen molar-refractivity contribution in [3.63, 3.8) is 0 Å². The van der Waals surface area contributed by atoms with Crippen LogP contribution in [0.15, 0.2) is 12.8 Å². The summed E-state index contributed by atoms with van der Waals surface area (Å²) in [4.78, 5) is 12.3. The fourth-order valence-corrected chi connectivity index (χ4v) is 0.862. The molecule has 1 heterocycles. The second kappa shape index (κ2) is 3.51. The third kappa shape index (κ3) is 1.72. The summed E-state index contributed by atoms with van der Waals surface area (Å²) in [5.41, 5.74) is 0.